The van der Waals surface area contributed by atoms with Gasteiger partial charge in [-0.25, -0.2) is 9.37 Å². The predicted octanol–water partition coefficient (Wildman–Crippen LogP) is 2.60. The first-order valence-corrected chi connectivity index (χ1v) is 5.36. The minimum Gasteiger partial charge on any atom is -0.497 e. The highest BCUT2D eigenvalue weighted by Gasteiger charge is 2.06. The van der Waals surface area contributed by atoms with E-state index in [1.807, 2.05) is 0 Å². The van der Waals surface area contributed by atoms with Crippen LogP contribution in [0.25, 0.3) is 0 Å². The lowest BCUT2D eigenvalue weighted by atomic mass is 10.3. The number of ether oxygens (including phenoxy) is 1. The highest BCUT2D eigenvalue weighted by molar-refractivity contribution is 6.32. The standard InChI is InChI=1S/C11H10ClFN4O/c1-18-8-3-6(13)2-7(4-8)16-10-9(12)5-15-11(14)17-10/h2-5H,1H3,(H3,14,15,16,17). The first-order valence-electron chi connectivity index (χ1n) is 4.98. The second kappa shape index (κ2) is 5.05. The van der Waals surface area contributed by atoms with Gasteiger partial charge in [-0.15, -0.1) is 0 Å². The second-order valence-corrected chi connectivity index (χ2v) is 3.84. The molecule has 7 heteroatoms. The average molecular weight is 269 g/mol. The quantitative estimate of drug-likeness (QED) is 0.895. The van der Waals surface area contributed by atoms with Crippen LogP contribution in [0, 0.1) is 5.82 Å². The lowest BCUT2D eigenvalue weighted by Crippen LogP contribution is -2.00. The fourth-order valence-corrected chi connectivity index (χ4v) is 1.50. The molecular weight excluding hydrogens is 259 g/mol. The number of anilines is 3. The van der Waals surface area contributed by atoms with Crippen LogP contribution in [-0.4, -0.2) is 17.1 Å². The Morgan fingerprint density at radius 3 is 2.89 bits per heavy atom. The Morgan fingerprint density at radius 1 is 1.39 bits per heavy atom. The van der Waals surface area contributed by atoms with Crippen molar-refractivity contribution in [1.29, 1.82) is 0 Å². The molecule has 1 aromatic carbocycles. The van der Waals surface area contributed by atoms with Crippen LogP contribution in [0.5, 0.6) is 5.75 Å². The number of hydrogen-bond donors (Lipinski definition) is 2. The third-order valence-corrected chi connectivity index (χ3v) is 2.41. The number of methoxy groups -OCH3 is 1. The van der Waals surface area contributed by atoms with E-state index in [1.165, 1.54) is 25.4 Å². The van der Waals surface area contributed by atoms with Crippen molar-refractivity contribution in [3.8, 4) is 5.75 Å². The van der Waals surface area contributed by atoms with Crippen LogP contribution >= 0.6 is 11.6 Å². The van der Waals surface area contributed by atoms with Crippen LogP contribution in [0.1, 0.15) is 0 Å². The molecule has 2 rings (SSSR count). The highest BCUT2D eigenvalue weighted by atomic mass is 35.5. The van der Waals surface area contributed by atoms with Gasteiger partial charge < -0.3 is 15.8 Å². The summed E-state index contributed by atoms with van der Waals surface area (Å²) in [6.07, 6.45) is 1.36. The van der Waals surface area contributed by atoms with Crippen molar-refractivity contribution in [2.45, 2.75) is 0 Å². The Kier molecular flexibility index (Phi) is 3.47. The number of benzene rings is 1. The molecule has 3 N–H and O–H groups in total. The van der Waals surface area contributed by atoms with Crippen LogP contribution in [0.15, 0.2) is 24.4 Å². The molecule has 0 spiro atoms. The maximum Gasteiger partial charge on any atom is 0.222 e. The fraction of sp³-hybridized carbons (Fsp3) is 0.0909. The van der Waals surface area contributed by atoms with Gasteiger partial charge in [0.2, 0.25) is 5.95 Å². The van der Waals surface area contributed by atoms with Crippen LogP contribution < -0.4 is 15.8 Å². The molecule has 2 aromatic rings. The first kappa shape index (κ1) is 12.4. The fourth-order valence-electron chi connectivity index (χ4n) is 1.36. The summed E-state index contributed by atoms with van der Waals surface area (Å²) in [5, 5.41) is 3.13. The second-order valence-electron chi connectivity index (χ2n) is 3.43. The summed E-state index contributed by atoms with van der Waals surface area (Å²) in [4.78, 5) is 7.64. The zero-order valence-electron chi connectivity index (χ0n) is 9.45. The van der Waals surface area contributed by atoms with Gasteiger partial charge in [0.15, 0.2) is 5.82 Å². The van der Waals surface area contributed by atoms with Gasteiger partial charge in [-0.3, -0.25) is 0 Å². The van der Waals surface area contributed by atoms with Gasteiger partial charge in [-0.05, 0) is 6.07 Å². The summed E-state index contributed by atoms with van der Waals surface area (Å²) in [7, 11) is 1.45. The van der Waals surface area contributed by atoms with Gasteiger partial charge in [-0.2, -0.15) is 4.98 Å². The number of halogens is 2. The number of nitrogens with one attached hydrogen (secondary N) is 1. The molecule has 0 amide bonds. The van der Waals surface area contributed by atoms with E-state index in [0.29, 0.717) is 17.3 Å². The van der Waals surface area contributed by atoms with Crippen LogP contribution in [0.4, 0.5) is 21.8 Å². The molecule has 0 aliphatic rings. The SMILES string of the molecule is COc1cc(F)cc(Nc2nc(N)ncc2Cl)c1. The molecule has 94 valence electrons. The Balaban J connectivity index is 2.33. The number of hydrogen-bond acceptors (Lipinski definition) is 5. The van der Waals surface area contributed by atoms with Crippen LogP contribution in [-0.2, 0) is 0 Å². The normalized spacial score (nSPS) is 10.2. The predicted molar refractivity (Wildman–Crippen MR) is 67.7 cm³/mol. The third kappa shape index (κ3) is 2.78. The van der Waals surface area contributed by atoms with Gasteiger partial charge in [0, 0.05) is 17.8 Å². The van der Waals surface area contributed by atoms with E-state index >= 15 is 0 Å². The summed E-state index contributed by atoms with van der Waals surface area (Å²) >= 11 is 5.89. The number of nitrogen functional groups attached to an aromatic ring is 1. The highest BCUT2D eigenvalue weighted by Crippen LogP contribution is 2.26. The molecule has 1 heterocycles. The minimum atomic E-state index is -0.435. The number of aromatic nitrogens is 2. The smallest absolute Gasteiger partial charge is 0.222 e. The Labute approximate surface area is 108 Å². The third-order valence-electron chi connectivity index (χ3n) is 2.13. The zero-order valence-corrected chi connectivity index (χ0v) is 10.2. The number of nitrogens with two attached hydrogens (primary N) is 1. The topological polar surface area (TPSA) is 73.1 Å². The van der Waals surface area contributed by atoms with E-state index in [2.05, 4.69) is 15.3 Å². The molecule has 1 aromatic heterocycles. The van der Waals surface area contributed by atoms with Gasteiger partial charge in [0.1, 0.15) is 16.6 Å². The zero-order chi connectivity index (χ0) is 13.1. The Hall–Kier alpha value is -2.08. The molecule has 0 bridgehead atoms. The lowest BCUT2D eigenvalue weighted by molar-refractivity contribution is 0.411. The number of rotatable bonds is 3. The van der Waals surface area contributed by atoms with Crippen molar-refractivity contribution < 1.29 is 9.13 Å². The van der Waals surface area contributed by atoms with E-state index in [-0.39, 0.29) is 11.0 Å². The number of nitrogens with zero attached hydrogens (tertiary/aromatic N) is 2. The maximum atomic E-state index is 13.3. The van der Waals surface area contributed by atoms with Crippen molar-refractivity contribution in [2.75, 3.05) is 18.2 Å². The van der Waals surface area contributed by atoms with Gasteiger partial charge >= 0.3 is 0 Å². The Morgan fingerprint density at radius 2 is 2.17 bits per heavy atom. The summed E-state index contributed by atoms with van der Waals surface area (Å²) in [6, 6.07) is 4.16. The summed E-state index contributed by atoms with van der Waals surface area (Å²) in [5.41, 5.74) is 5.90. The van der Waals surface area contributed by atoms with E-state index < -0.39 is 5.82 Å². The molecule has 0 fully saturated rings. The molecule has 0 saturated carbocycles. The van der Waals surface area contributed by atoms with Crippen molar-refractivity contribution >= 4 is 29.1 Å². The summed E-state index contributed by atoms with van der Waals surface area (Å²) < 4.78 is 18.2. The van der Waals surface area contributed by atoms with E-state index in [1.54, 1.807) is 6.07 Å². The molecule has 0 radical (unpaired) electrons. The van der Waals surface area contributed by atoms with Crippen molar-refractivity contribution in [3.05, 3.63) is 35.2 Å². The molecule has 18 heavy (non-hydrogen) atoms. The molecule has 5 nitrogen and oxygen atoms in total. The van der Waals surface area contributed by atoms with Crippen LogP contribution in [0.3, 0.4) is 0 Å². The molecular formula is C11H10ClFN4O. The molecule has 0 aliphatic heterocycles. The summed E-state index contributed by atoms with van der Waals surface area (Å²) in [5.74, 6) is 0.327. The monoisotopic (exact) mass is 268 g/mol. The lowest BCUT2D eigenvalue weighted by Gasteiger charge is -2.09. The van der Waals surface area contributed by atoms with Gasteiger partial charge in [0.25, 0.3) is 0 Å². The summed E-state index contributed by atoms with van der Waals surface area (Å²) in [6.45, 7) is 0. The van der Waals surface area contributed by atoms with E-state index in [4.69, 9.17) is 22.1 Å². The minimum absolute atomic E-state index is 0.0743. The van der Waals surface area contributed by atoms with Gasteiger partial charge in [0.05, 0.1) is 13.3 Å². The van der Waals surface area contributed by atoms with Gasteiger partial charge in [-0.1, -0.05) is 11.6 Å². The maximum absolute atomic E-state index is 13.3. The van der Waals surface area contributed by atoms with Crippen molar-refractivity contribution in [3.63, 3.8) is 0 Å². The van der Waals surface area contributed by atoms with Crippen molar-refractivity contribution in [2.24, 2.45) is 0 Å². The van der Waals surface area contributed by atoms with E-state index in [0.717, 1.165) is 0 Å². The van der Waals surface area contributed by atoms with Crippen molar-refractivity contribution in [1.82, 2.24) is 9.97 Å². The average Bonchev–Trinajstić information content (AvgIpc) is 2.33. The molecule has 0 atom stereocenters. The first-order chi connectivity index (χ1) is 8.58. The van der Waals surface area contributed by atoms with Crippen LogP contribution in [0.2, 0.25) is 5.02 Å². The molecule has 0 unspecified atom stereocenters. The molecule has 0 aliphatic carbocycles. The molecule has 0 saturated heterocycles. The largest absolute Gasteiger partial charge is 0.497 e. The van der Waals surface area contributed by atoms with E-state index in [9.17, 15) is 4.39 Å². The Bertz CT molecular complexity index is 579.